The van der Waals surface area contributed by atoms with E-state index >= 15 is 0 Å². The number of methoxy groups -OCH3 is 1. The normalized spacial score (nSPS) is 9.56. The van der Waals surface area contributed by atoms with Gasteiger partial charge in [0, 0.05) is 12.0 Å². The van der Waals surface area contributed by atoms with Crippen molar-refractivity contribution in [2.45, 2.75) is 6.42 Å². The molecule has 0 bridgehead atoms. The number of ether oxygens (including phenoxy) is 1. The first-order valence-corrected chi connectivity index (χ1v) is 4.65. The molecule has 1 aromatic carbocycles. The van der Waals surface area contributed by atoms with Crippen LogP contribution in [0, 0.1) is 0 Å². The number of phenolic OH excluding ortho intramolecular Hbond substituents is 1. The smallest absolute Gasteiger partial charge is 0.341 e. The molecule has 0 saturated carbocycles. The molecule has 1 aromatic rings. The first-order valence-electron chi connectivity index (χ1n) is 4.65. The number of carbonyl (C=O) groups excluding carboxylic acids is 2. The molecule has 0 radical (unpaired) electrons. The molecule has 0 aliphatic carbocycles. The Labute approximate surface area is 93.2 Å². The van der Waals surface area contributed by atoms with Gasteiger partial charge < -0.3 is 9.84 Å². The van der Waals surface area contributed by atoms with Crippen molar-refractivity contribution in [3.8, 4) is 5.75 Å². The maximum Gasteiger partial charge on any atom is 0.341 e. The number of Topliss-reactive ketones (excluding diaryl/α,β-unsaturated/α-hetero) is 1. The minimum Gasteiger partial charge on any atom is -0.507 e. The molecule has 0 fully saturated rings. The number of aromatic hydroxyl groups is 1. The number of hydrogen-bond acceptors (Lipinski definition) is 4. The van der Waals surface area contributed by atoms with Crippen LogP contribution >= 0.6 is 0 Å². The second-order valence-electron chi connectivity index (χ2n) is 3.14. The van der Waals surface area contributed by atoms with Gasteiger partial charge >= 0.3 is 5.97 Å². The van der Waals surface area contributed by atoms with Gasteiger partial charge in [-0.2, -0.15) is 0 Å². The van der Waals surface area contributed by atoms with E-state index in [-0.39, 0.29) is 23.5 Å². The summed E-state index contributed by atoms with van der Waals surface area (Å²) in [7, 11) is 1.21. The lowest BCUT2D eigenvalue weighted by Crippen LogP contribution is -2.05. The molecule has 0 saturated heterocycles. The van der Waals surface area contributed by atoms with E-state index in [1.165, 1.54) is 31.4 Å². The fraction of sp³-hybridized carbons (Fsp3) is 0.167. The van der Waals surface area contributed by atoms with Crippen molar-refractivity contribution in [3.05, 3.63) is 42.0 Å². The third-order valence-electron chi connectivity index (χ3n) is 2.05. The molecule has 0 heterocycles. The van der Waals surface area contributed by atoms with Gasteiger partial charge in [-0.05, 0) is 18.2 Å². The average Bonchev–Trinajstić information content (AvgIpc) is 2.29. The van der Waals surface area contributed by atoms with E-state index in [1.54, 1.807) is 0 Å². The first-order chi connectivity index (χ1) is 7.60. The Morgan fingerprint density at radius 2 is 2.19 bits per heavy atom. The molecule has 84 valence electrons. The third-order valence-corrected chi connectivity index (χ3v) is 2.05. The number of ketones is 1. The highest BCUT2D eigenvalue weighted by Crippen LogP contribution is 2.20. The predicted molar refractivity (Wildman–Crippen MR) is 58.6 cm³/mol. The van der Waals surface area contributed by atoms with Crippen LogP contribution in [0.1, 0.15) is 27.1 Å². The van der Waals surface area contributed by atoms with Crippen LogP contribution in [0.5, 0.6) is 5.75 Å². The van der Waals surface area contributed by atoms with Crippen molar-refractivity contribution in [3.63, 3.8) is 0 Å². The molecule has 0 aromatic heterocycles. The topological polar surface area (TPSA) is 63.6 Å². The highest BCUT2D eigenvalue weighted by Gasteiger charge is 2.14. The Morgan fingerprint density at radius 1 is 1.50 bits per heavy atom. The van der Waals surface area contributed by atoms with Crippen LogP contribution in [-0.4, -0.2) is 24.0 Å². The number of rotatable bonds is 4. The zero-order valence-electron chi connectivity index (χ0n) is 8.90. The van der Waals surface area contributed by atoms with Crippen LogP contribution in [0.2, 0.25) is 0 Å². The molecule has 0 spiro atoms. The van der Waals surface area contributed by atoms with Gasteiger partial charge in [-0.3, -0.25) is 4.79 Å². The maximum atomic E-state index is 11.5. The SMILES string of the molecule is C=CCC(=O)c1ccc(O)c(C(=O)OC)c1. The van der Waals surface area contributed by atoms with Gasteiger partial charge in [-0.25, -0.2) is 4.79 Å². The number of benzene rings is 1. The summed E-state index contributed by atoms with van der Waals surface area (Å²) in [5.74, 6) is -1.05. The Kier molecular flexibility index (Phi) is 3.83. The monoisotopic (exact) mass is 220 g/mol. The lowest BCUT2D eigenvalue weighted by atomic mass is 10.0. The van der Waals surface area contributed by atoms with Crippen LogP contribution in [0.25, 0.3) is 0 Å². The molecular formula is C12H12O4. The minimum atomic E-state index is -0.675. The summed E-state index contributed by atoms with van der Waals surface area (Å²) < 4.78 is 4.48. The van der Waals surface area contributed by atoms with Crippen LogP contribution in [0.4, 0.5) is 0 Å². The van der Waals surface area contributed by atoms with Gasteiger partial charge in [0.2, 0.25) is 0 Å². The molecule has 1 N–H and O–H groups in total. The van der Waals surface area contributed by atoms with Crippen LogP contribution in [0.3, 0.4) is 0 Å². The lowest BCUT2D eigenvalue weighted by molar-refractivity contribution is 0.0597. The van der Waals surface area contributed by atoms with Gasteiger partial charge in [-0.1, -0.05) is 6.08 Å². The van der Waals surface area contributed by atoms with Crippen molar-refractivity contribution in [1.29, 1.82) is 0 Å². The molecule has 0 aliphatic rings. The predicted octanol–water partition coefficient (Wildman–Crippen LogP) is 1.94. The van der Waals surface area contributed by atoms with Gasteiger partial charge in [0.15, 0.2) is 5.78 Å². The van der Waals surface area contributed by atoms with E-state index in [1.807, 2.05) is 0 Å². The van der Waals surface area contributed by atoms with Gasteiger partial charge in [0.1, 0.15) is 11.3 Å². The number of esters is 1. The van der Waals surface area contributed by atoms with Gasteiger partial charge in [0.25, 0.3) is 0 Å². The Hall–Kier alpha value is -2.10. The molecular weight excluding hydrogens is 208 g/mol. The molecule has 1 rings (SSSR count). The quantitative estimate of drug-likeness (QED) is 0.478. The van der Waals surface area contributed by atoms with Crippen molar-refractivity contribution in [2.24, 2.45) is 0 Å². The van der Waals surface area contributed by atoms with Crippen molar-refractivity contribution >= 4 is 11.8 Å². The van der Waals surface area contributed by atoms with Crippen LogP contribution in [-0.2, 0) is 4.74 Å². The zero-order chi connectivity index (χ0) is 12.1. The summed E-state index contributed by atoms with van der Waals surface area (Å²) in [5, 5.41) is 9.42. The summed E-state index contributed by atoms with van der Waals surface area (Å²) in [6.07, 6.45) is 1.67. The van der Waals surface area contributed by atoms with E-state index in [2.05, 4.69) is 11.3 Å². The van der Waals surface area contributed by atoms with Gasteiger partial charge in [0.05, 0.1) is 7.11 Å². The standard InChI is InChI=1S/C12H12O4/c1-3-4-10(13)8-5-6-11(14)9(7-8)12(15)16-2/h3,5-7,14H,1,4H2,2H3. The van der Waals surface area contributed by atoms with Crippen LogP contribution < -0.4 is 0 Å². The Bertz CT molecular complexity index is 435. The highest BCUT2D eigenvalue weighted by molar-refractivity contribution is 6.00. The summed E-state index contributed by atoms with van der Waals surface area (Å²) in [5.41, 5.74) is 0.329. The van der Waals surface area contributed by atoms with Crippen molar-refractivity contribution in [2.75, 3.05) is 7.11 Å². The molecule has 4 nitrogen and oxygen atoms in total. The molecule has 0 amide bonds. The van der Waals surface area contributed by atoms with E-state index in [0.29, 0.717) is 5.56 Å². The number of phenols is 1. The summed E-state index contributed by atoms with van der Waals surface area (Å²) >= 11 is 0. The van der Waals surface area contributed by atoms with Crippen molar-refractivity contribution in [1.82, 2.24) is 0 Å². The largest absolute Gasteiger partial charge is 0.507 e. The number of carbonyl (C=O) groups is 2. The fourth-order valence-corrected chi connectivity index (χ4v) is 1.23. The maximum absolute atomic E-state index is 11.5. The van der Waals surface area contributed by atoms with Crippen molar-refractivity contribution < 1.29 is 19.4 Å². The van der Waals surface area contributed by atoms with E-state index in [4.69, 9.17) is 0 Å². The van der Waals surface area contributed by atoms with Gasteiger partial charge in [-0.15, -0.1) is 6.58 Å². The average molecular weight is 220 g/mol. The molecule has 4 heteroatoms. The molecule has 0 atom stereocenters. The molecule has 0 aliphatic heterocycles. The van der Waals surface area contributed by atoms with E-state index in [9.17, 15) is 14.7 Å². The summed E-state index contributed by atoms with van der Waals surface area (Å²) in [6, 6.07) is 4.06. The van der Waals surface area contributed by atoms with Crippen LogP contribution in [0.15, 0.2) is 30.9 Å². The highest BCUT2D eigenvalue weighted by atomic mass is 16.5. The number of hydrogen-bond donors (Lipinski definition) is 1. The van der Waals surface area contributed by atoms with E-state index in [0.717, 1.165) is 0 Å². The molecule has 0 unspecified atom stereocenters. The third kappa shape index (κ3) is 2.48. The Balaban J connectivity index is 3.11. The second-order valence-corrected chi connectivity index (χ2v) is 3.14. The minimum absolute atomic E-state index is 0.0163. The Morgan fingerprint density at radius 3 is 2.75 bits per heavy atom. The lowest BCUT2D eigenvalue weighted by Gasteiger charge is -2.04. The van der Waals surface area contributed by atoms with E-state index < -0.39 is 5.97 Å². The zero-order valence-corrected chi connectivity index (χ0v) is 8.90. The number of allylic oxidation sites excluding steroid dienone is 1. The molecule has 16 heavy (non-hydrogen) atoms. The fourth-order valence-electron chi connectivity index (χ4n) is 1.23. The second kappa shape index (κ2) is 5.11. The summed E-state index contributed by atoms with van der Waals surface area (Å²) in [6.45, 7) is 3.46. The summed E-state index contributed by atoms with van der Waals surface area (Å²) in [4.78, 5) is 22.8. The first kappa shape index (κ1) is 12.0.